The molecule has 2 rings (SSSR count). The number of primary amides is 1. The number of urea groups is 1. The van der Waals surface area contributed by atoms with Crippen molar-refractivity contribution in [3.8, 4) is 0 Å². The Kier molecular flexibility index (Phi) is 5.70. The van der Waals surface area contributed by atoms with Crippen molar-refractivity contribution in [2.45, 2.75) is 25.8 Å². The van der Waals surface area contributed by atoms with Crippen LogP contribution in [0.1, 0.15) is 30.1 Å². The molecule has 124 valence electrons. The summed E-state index contributed by atoms with van der Waals surface area (Å²) >= 11 is 0. The summed E-state index contributed by atoms with van der Waals surface area (Å²) < 4.78 is 0. The lowest BCUT2D eigenvalue weighted by atomic mass is 10.1. The number of carbonyl (C=O) groups excluding carboxylic acids is 3. The molecule has 1 heterocycles. The SMILES string of the molecule is CC(=O)c1ccc(NC(=O)NC2CCN(CC(N)=O)CC2)cc1. The molecule has 1 saturated heterocycles. The normalized spacial score (nSPS) is 15.9. The Labute approximate surface area is 135 Å². The van der Waals surface area contributed by atoms with Crippen LogP contribution in [0.25, 0.3) is 0 Å². The van der Waals surface area contributed by atoms with Crippen molar-refractivity contribution in [3.63, 3.8) is 0 Å². The van der Waals surface area contributed by atoms with E-state index < -0.39 is 0 Å². The van der Waals surface area contributed by atoms with Crippen molar-refractivity contribution in [2.24, 2.45) is 5.73 Å². The quantitative estimate of drug-likeness (QED) is 0.703. The predicted octanol–water partition coefficient (Wildman–Crippen LogP) is 0.960. The van der Waals surface area contributed by atoms with E-state index in [1.165, 1.54) is 6.92 Å². The molecule has 0 spiro atoms. The van der Waals surface area contributed by atoms with Crippen molar-refractivity contribution in [3.05, 3.63) is 29.8 Å². The number of benzene rings is 1. The first kappa shape index (κ1) is 17.0. The third kappa shape index (κ3) is 5.37. The van der Waals surface area contributed by atoms with Gasteiger partial charge in [-0.15, -0.1) is 0 Å². The molecule has 0 radical (unpaired) electrons. The Bertz CT molecular complexity index is 577. The number of nitrogens with one attached hydrogen (secondary N) is 2. The number of Topliss-reactive ketones (excluding diaryl/α,β-unsaturated/α-hetero) is 1. The summed E-state index contributed by atoms with van der Waals surface area (Å²) in [5.41, 5.74) is 6.42. The van der Waals surface area contributed by atoms with Crippen LogP contribution in [0.4, 0.5) is 10.5 Å². The molecule has 1 aliphatic rings. The zero-order chi connectivity index (χ0) is 16.8. The third-order valence-electron chi connectivity index (χ3n) is 3.85. The van der Waals surface area contributed by atoms with Crippen LogP contribution >= 0.6 is 0 Å². The van der Waals surface area contributed by atoms with E-state index in [1.54, 1.807) is 24.3 Å². The summed E-state index contributed by atoms with van der Waals surface area (Å²) in [6, 6.07) is 6.57. The van der Waals surface area contributed by atoms with E-state index in [1.807, 2.05) is 4.90 Å². The van der Waals surface area contributed by atoms with Crippen LogP contribution in [0.2, 0.25) is 0 Å². The van der Waals surface area contributed by atoms with Gasteiger partial charge >= 0.3 is 6.03 Å². The minimum Gasteiger partial charge on any atom is -0.369 e. The highest BCUT2D eigenvalue weighted by Crippen LogP contribution is 2.12. The minimum atomic E-state index is -0.330. The van der Waals surface area contributed by atoms with Gasteiger partial charge in [-0.2, -0.15) is 0 Å². The topological polar surface area (TPSA) is 105 Å². The zero-order valence-corrected chi connectivity index (χ0v) is 13.2. The second-order valence-corrected chi connectivity index (χ2v) is 5.75. The van der Waals surface area contributed by atoms with E-state index in [0.717, 1.165) is 25.9 Å². The Morgan fingerprint density at radius 3 is 2.30 bits per heavy atom. The Hall–Kier alpha value is -2.41. The highest BCUT2D eigenvalue weighted by atomic mass is 16.2. The summed E-state index contributed by atoms with van der Waals surface area (Å²) in [5.74, 6) is -0.341. The summed E-state index contributed by atoms with van der Waals surface area (Å²) in [4.78, 5) is 36.0. The molecule has 1 aliphatic heterocycles. The van der Waals surface area contributed by atoms with Crippen LogP contribution < -0.4 is 16.4 Å². The maximum Gasteiger partial charge on any atom is 0.319 e. The van der Waals surface area contributed by atoms with Crippen molar-refractivity contribution in [1.82, 2.24) is 10.2 Å². The summed E-state index contributed by atoms with van der Waals surface area (Å²) in [6.07, 6.45) is 1.56. The fourth-order valence-electron chi connectivity index (χ4n) is 2.60. The van der Waals surface area contributed by atoms with Crippen molar-refractivity contribution in [1.29, 1.82) is 0 Å². The largest absolute Gasteiger partial charge is 0.369 e. The maximum absolute atomic E-state index is 12.0. The number of amides is 3. The number of ketones is 1. The average molecular weight is 318 g/mol. The van der Waals surface area contributed by atoms with Crippen LogP contribution in [-0.4, -0.2) is 48.3 Å². The number of nitrogens with zero attached hydrogens (tertiary/aromatic N) is 1. The standard InChI is InChI=1S/C16H22N4O3/c1-11(21)12-2-4-13(5-3-12)18-16(23)19-14-6-8-20(9-7-14)10-15(17)22/h2-5,14H,6-10H2,1H3,(H2,17,22)(H2,18,19,23). The molecule has 1 fully saturated rings. The molecule has 0 aromatic heterocycles. The molecular weight excluding hydrogens is 296 g/mol. The van der Waals surface area contributed by atoms with Gasteiger partial charge in [-0.05, 0) is 44.0 Å². The molecule has 0 unspecified atom stereocenters. The first-order chi connectivity index (χ1) is 10.9. The van der Waals surface area contributed by atoms with E-state index >= 15 is 0 Å². The van der Waals surface area contributed by atoms with E-state index in [0.29, 0.717) is 11.3 Å². The Morgan fingerprint density at radius 1 is 1.17 bits per heavy atom. The molecular formula is C16H22N4O3. The highest BCUT2D eigenvalue weighted by molar-refractivity contribution is 5.95. The molecule has 0 saturated carbocycles. The van der Waals surface area contributed by atoms with E-state index in [2.05, 4.69) is 10.6 Å². The van der Waals surface area contributed by atoms with Crippen LogP contribution in [0.15, 0.2) is 24.3 Å². The van der Waals surface area contributed by atoms with Gasteiger partial charge in [0.2, 0.25) is 5.91 Å². The monoisotopic (exact) mass is 318 g/mol. The van der Waals surface area contributed by atoms with Gasteiger partial charge in [0.05, 0.1) is 6.54 Å². The lowest BCUT2D eigenvalue weighted by molar-refractivity contribution is -0.119. The Morgan fingerprint density at radius 2 is 1.78 bits per heavy atom. The number of anilines is 1. The molecule has 1 aromatic rings. The van der Waals surface area contributed by atoms with Crippen molar-refractivity contribution < 1.29 is 14.4 Å². The Balaban J connectivity index is 1.77. The van der Waals surface area contributed by atoms with Crippen LogP contribution in [0.5, 0.6) is 0 Å². The summed E-state index contributed by atoms with van der Waals surface area (Å²) in [5, 5.41) is 5.67. The minimum absolute atomic E-state index is 0.0104. The molecule has 3 amide bonds. The zero-order valence-electron chi connectivity index (χ0n) is 13.2. The van der Waals surface area contributed by atoms with Gasteiger partial charge in [0.15, 0.2) is 5.78 Å². The van der Waals surface area contributed by atoms with Crippen LogP contribution in [0, 0.1) is 0 Å². The second-order valence-electron chi connectivity index (χ2n) is 5.75. The number of nitrogens with two attached hydrogens (primary N) is 1. The molecule has 1 aromatic carbocycles. The van der Waals surface area contributed by atoms with Crippen molar-refractivity contribution >= 4 is 23.4 Å². The molecule has 4 N–H and O–H groups in total. The molecule has 0 atom stereocenters. The van der Waals surface area contributed by atoms with Gasteiger partial charge in [0.1, 0.15) is 0 Å². The third-order valence-corrected chi connectivity index (χ3v) is 3.85. The van der Waals surface area contributed by atoms with E-state index in [-0.39, 0.29) is 30.3 Å². The number of likely N-dealkylation sites (tertiary alicyclic amines) is 1. The van der Waals surface area contributed by atoms with Gasteiger partial charge in [0.25, 0.3) is 0 Å². The molecule has 0 aliphatic carbocycles. The number of carbonyl (C=O) groups is 3. The molecule has 7 nitrogen and oxygen atoms in total. The van der Waals surface area contributed by atoms with Gasteiger partial charge in [-0.25, -0.2) is 4.79 Å². The number of hydrogen-bond donors (Lipinski definition) is 3. The first-order valence-electron chi connectivity index (χ1n) is 7.63. The van der Waals surface area contributed by atoms with Gasteiger partial charge < -0.3 is 16.4 Å². The lowest BCUT2D eigenvalue weighted by Gasteiger charge is -2.31. The fraction of sp³-hybridized carbons (Fsp3) is 0.438. The van der Waals surface area contributed by atoms with Gasteiger partial charge in [0, 0.05) is 30.4 Å². The number of rotatable bonds is 5. The lowest BCUT2D eigenvalue weighted by Crippen LogP contribution is -2.47. The predicted molar refractivity (Wildman–Crippen MR) is 87.3 cm³/mol. The smallest absolute Gasteiger partial charge is 0.319 e. The van der Waals surface area contributed by atoms with Crippen LogP contribution in [0.3, 0.4) is 0 Å². The van der Waals surface area contributed by atoms with E-state index in [4.69, 9.17) is 5.73 Å². The van der Waals surface area contributed by atoms with Crippen LogP contribution in [-0.2, 0) is 4.79 Å². The van der Waals surface area contributed by atoms with E-state index in [9.17, 15) is 14.4 Å². The van der Waals surface area contributed by atoms with Crippen molar-refractivity contribution in [2.75, 3.05) is 25.0 Å². The second kappa shape index (κ2) is 7.73. The summed E-state index contributed by atoms with van der Waals surface area (Å²) in [7, 11) is 0. The van der Waals surface area contributed by atoms with Gasteiger partial charge in [-0.1, -0.05) is 0 Å². The van der Waals surface area contributed by atoms with Gasteiger partial charge in [-0.3, -0.25) is 14.5 Å². The average Bonchev–Trinajstić information content (AvgIpc) is 2.49. The summed E-state index contributed by atoms with van der Waals surface area (Å²) in [6.45, 7) is 3.24. The fourth-order valence-corrected chi connectivity index (χ4v) is 2.60. The molecule has 23 heavy (non-hydrogen) atoms. The number of hydrogen-bond acceptors (Lipinski definition) is 4. The molecule has 0 bridgehead atoms. The highest BCUT2D eigenvalue weighted by Gasteiger charge is 2.21. The maximum atomic E-state index is 12.0. The first-order valence-corrected chi connectivity index (χ1v) is 7.63. The number of piperidine rings is 1. The molecule has 7 heteroatoms.